The van der Waals surface area contributed by atoms with Crippen LogP contribution in [-0.4, -0.2) is 72.5 Å². The molecule has 4 N–H and O–H groups in total. The Morgan fingerprint density at radius 1 is 0.778 bits per heavy atom. The normalized spacial score (nSPS) is 6.67. The molecule has 0 atom stereocenters. The summed E-state index contributed by atoms with van der Waals surface area (Å²) in [5, 5.41) is 30.9. The van der Waals surface area contributed by atoms with Crippen LogP contribution >= 0.6 is 0 Å². The molecule has 0 rings (SSSR count). The van der Waals surface area contributed by atoms with Crippen molar-refractivity contribution >= 4 is 52.4 Å². The third-order valence-electron chi connectivity index (χ3n) is 0.243. The summed E-state index contributed by atoms with van der Waals surface area (Å²) >= 11 is 0. The van der Waals surface area contributed by atoms with Crippen LogP contribution in [0.5, 0.6) is 0 Å². The third-order valence-corrected chi connectivity index (χ3v) is 0.243. The second-order valence-electron chi connectivity index (χ2n) is 0.789. The summed E-state index contributed by atoms with van der Waals surface area (Å²) in [6, 6.07) is 0. The summed E-state index contributed by atoms with van der Waals surface area (Å²) in [5.74, 6) is 0. The standard InChI is InChI=1S/B2H4O5.2Li.2H/c3-1(4)7-2(5)6;;;;/h3-6H;;;;. The Kier molecular flexibility index (Phi) is 16.8. The summed E-state index contributed by atoms with van der Waals surface area (Å²) in [6.45, 7) is 0. The van der Waals surface area contributed by atoms with Gasteiger partial charge in [-0.1, -0.05) is 0 Å². The van der Waals surface area contributed by atoms with E-state index in [-0.39, 0.29) is 37.7 Å². The predicted octanol–water partition coefficient (Wildman–Crippen LogP) is -4.35. The molecule has 9 heteroatoms. The van der Waals surface area contributed by atoms with Crippen molar-refractivity contribution in [2.24, 2.45) is 0 Å². The van der Waals surface area contributed by atoms with Gasteiger partial charge in [0.2, 0.25) is 0 Å². The van der Waals surface area contributed by atoms with E-state index >= 15 is 0 Å². The van der Waals surface area contributed by atoms with Crippen LogP contribution in [0.15, 0.2) is 0 Å². The molecule has 9 heavy (non-hydrogen) atoms. The van der Waals surface area contributed by atoms with E-state index < -0.39 is 14.6 Å². The maximum absolute atomic E-state index is 7.74. The van der Waals surface area contributed by atoms with Gasteiger partial charge in [0, 0.05) is 0 Å². The molecule has 0 bridgehead atoms. The number of hydrogen-bond donors (Lipinski definition) is 4. The molecule has 0 aromatic carbocycles. The number of hydrogen-bond acceptors (Lipinski definition) is 5. The molecule has 0 aliphatic carbocycles. The van der Waals surface area contributed by atoms with Crippen molar-refractivity contribution < 1.29 is 24.7 Å². The zero-order valence-electron chi connectivity index (χ0n) is 3.35. The topological polar surface area (TPSA) is 90.2 Å². The fourth-order valence-corrected chi connectivity index (χ4v) is 0.109. The summed E-state index contributed by atoms with van der Waals surface area (Å²) in [6.07, 6.45) is 0. The zero-order valence-corrected chi connectivity index (χ0v) is 3.35. The van der Waals surface area contributed by atoms with Gasteiger partial charge in [0.15, 0.2) is 0 Å². The molecule has 0 radical (unpaired) electrons. The van der Waals surface area contributed by atoms with Gasteiger partial charge in [-0.05, 0) is 0 Å². The SMILES string of the molecule is OB(O)OB(O)O.[LiH].[LiH]. The monoisotopic (exact) mass is 122 g/mol. The van der Waals surface area contributed by atoms with Gasteiger partial charge in [0.25, 0.3) is 0 Å². The van der Waals surface area contributed by atoms with Gasteiger partial charge < -0.3 is 24.7 Å². The van der Waals surface area contributed by atoms with Gasteiger partial charge >= 0.3 is 52.4 Å². The van der Waals surface area contributed by atoms with Gasteiger partial charge in [-0.2, -0.15) is 0 Å². The molecule has 0 aliphatic heterocycles. The van der Waals surface area contributed by atoms with Crippen molar-refractivity contribution in [3.05, 3.63) is 0 Å². The van der Waals surface area contributed by atoms with Crippen LogP contribution in [0.25, 0.3) is 0 Å². The van der Waals surface area contributed by atoms with E-state index in [2.05, 4.69) is 4.57 Å². The van der Waals surface area contributed by atoms with E-state index in [9.17, 15) is 0 Å². The minimum atomic E-state index is -2.13. The maximum atomic E-state index is 7.74. The van der Waals surface area contributed by atoms with E-state index in [1.807, 2.05) is 0 Å². The Morgan fingerprint density at radius 2 is 1.00 bits per heavy atom. The van der Waals surface area contributed by atoms with Gasteiger partial charge in [-0.15, -0.1) is 0 Å². The first-order valence-corrected chi connectivity index (χ1v) is 1.50. The summed E-state index contributed by atoms with van der Waals surface area (Å²) in [5.41, 5.74) is 0. The molecule has 0 heterocycles. The van der Waals surface area contributed by atoms with Crippen LogP contribution in [0.4, 0.5) is 0 Å². The van der Waals surface area contributed by atoms with Gasteiger partial charge in [-0.3, -0.25) is 0 Å². The van der Waals surface area contributed by atoms with E-state index in [4.69, 9.17) is 20.1 Å². The van der Waals surface area contributed by atoms with Gasteiger partial charge in [0.05, 0.1) is 0 Å². The Labute approximate surface area is 77.1 Å². The van der Waals surface area contributed by atoms with E-state index in [0.717, 1.165) is 0 Å². The molecule has 0 amide bonds. The number of rotatable bonds is 2. The first-order chi connectivity index (χ1) is 3.13. The van der Waals surface area contributed by atoms with E-state index in [1.54, 1.807) is 0 Å². The van der Waals surface area contributed by atoms with Gasteiger partial charge in [-0.25, -0.2) is 0 Å². The van der Waals surface area contributed by atoms with Crippen LogP contribution in [-0.2, 0) is 4.57 Å². The van der Waals surface area contributed by atoms with Crippen molar-refractivity contribution in [2.75, 3.05) is 0 Å². The molecule has 0 aromatic rings. The molecule has 5 nitrogen and oxygen atoms in total. The van der Waals surface area contributed by atoms with Crippen molar-refractivity contribution in [1.82, 2.24) is 0 Å². The van der Waals surface area contributed by atoms with Crippen molar-refractivity contribution in [1.29, 1.82) is 0 Å². The Balaban J connectivity index is -0.000000180. The molecule has 0 aliphatic rings. The summed E-state index contributed by atoms with van der Waals surface area (Å²) < 4.78 is 3.47. The quantitative estimate of drug-likeness (QED) is 0.277. The molecule has 44 valence electrons. The predicted molar refractivity (Wildman–Crippen MR) is 35.8 cm³/mol. The Morgan fingerprint density at radius 3 is 1.00 bits per heavy atom. The molecule has 0 fully saturated rings. The van der Waals surface area contributed by atoms with Crippen LogP contribution in [0.1, 0.15) is 0 Å². The average molecular weight is 122 g/mol. The molecule has 0 saturated carbocycles. The summed E-state index contributed by atoms with van der Waals surface area (Å²) in [4.78, 5) is 0. The van der Waals surface area contributed by atoms with Crippen LogP contribution in [0, 0.1) is 0 Å². The average Bonchev–Trinajstić information content (AvgIpc) is 1.27. The first kappa shape index (κ1) is 16.6. The van der Waals surface area contributed by atoms with Crippen LogP contribution in [0.3, 0.4) is 0 Å². The van der Waals surface area contributed by atoms with E-state index in [0.29, 0.717) is 0 Å². The molecule has 0 aromatic heterocycles. The Bertz CT molecular complexity index is 42.2. The van der Waals surface area contributed by atoms with Crippen molar-refractivity contribution in [2.45, 2.75) is 0 Å². The Hall–Kier alpha value is 1.12. The molecule has 0 spiro atoms. The second kappa shape index (κ2) is 9.12. The zero-order chi connectivity index (χ0) is 5.86. The van der Waals surface area contributed by atoms with Crippen LogP contribution in [0.2, 0.25) is 0 Å². The first-order valence-electron chi connectivity index (χ1n) is 1.50. The second-order valence-corrected chi connectivity index (χ2v) is 0.789. The van der Waals surface area contributed by atoms with E-state index in [1.165, 1.54) is 0 Å². The third kappa shape index (κ3) is 17.6. The molecule has 0 unspecified atom stereocenters. The fourth-order valence-electron chi connectivity index (χ4n) is 0.109. The van der Waals surface area contributed by atoms with Crippen molar-refractivity contribution in [3.8, 4) is 0 Å². The molecular weight excluding hydrogens is 116 g/mol. The van der Waals surface area contributed by atoms with Crippen LogP contribution < -0.4 is 0 Å². The molecular formula is H6B2Li2O5. The van der Waals surface area contributed by atoms with Gasteiger partial charge in [0.1, 0.15) is 0 Å². The summed E-state index contributed by atoms with van der Waals surface area (Å²) in [7, 11) is -4.25. The minimum absolute atomic E-state index is 0. The fraction of sp³-hybridized carbons (Fsp3) is 0. The van der Waals surface area contributed by atoms with Crippen molar-refractivity contribution in [3.63, 3.8) is 0 Å². The molecule has 0 saturated heterocycles.